The maximum absolute atomic E-state index is 12.7. The number of fused-ring (bicyclic) bond motifs is 2. The molecule has 4 nitrogen and oxygen atoms in total. The lowest BCUT2D eigenvalue weighted by atomic mass is 9.82. The number of para-hydroxylation sites is 1. The monoisotopic (exact) mass is 299 g/mol. The SMILES string of the molecule is CCc1cccc(C)c1NC(=O)[C@H]1[C@@H](C(=O)O)[C@H]2C=C[C@H]1C2. The van der Waals surface area contributed by atoms with Crippen molar-refractivity contribution in [2.75, 3.05) is 5.32 Å². The van der Waals surface area contributed by atoms with E-state index < -0.39 is 17.8 Å². The molecule has 0 unspecified atom stereocenters. The molecule has 1 fully saturated rings. The zero-order valence-electron chi connectivity index (χ0n) is 12.9. The van der Waals surface area contributed by atoms with E-state index in [4.69, 9.17) is 0 Å². The molecule has 1 amide bonds. The normalized spacial score (nSPS) is 28.8. The summed E-state index contributed by atoms with van der Waals surface area (Å²) in [5.74, 6) is -2.02. The Balaban J connectivity index is 1.86. The van der Waals surface area contributed by atoms with Gasteiger partial charge in [0.05, 0.1) is 11.8 Å². The van der Waals surface area contributed by atoms with Gasteiger partial charge in [-0.2, -0.15) is 0 Å². The minimum atomic E-state index is -0.863. The van der Waals surface area contributed by atoms with E-state index in [1.807, 2.05) is 44.2 Å². The van der Waals surface area contributed by atoms with E-state index in [2.05, 4.69) is 5.32 Å². The highest BCUT2D eigenvalue weighted by Crippen LogP contribution is 2.48. The van der Waals surface area contributed by atoms with Gasteiger partial charge in [0.15, 0.2) is 0 Å². The van der Waals surface area contributed by atoms with Crippen LogP contribution in [0.3, 0.4) is 0 Å². The quantitative estimate of drug-likeness (QED) is 0.840. The number of carbonyl (C=O) groups is 2. The van der Waals surface area contributed by atoms with Crippen molar-refractivity contribution in [3.63, 3.8) is 0 Å². The van der Waals surface area contributed by atoms with Crippen molar-refractivity contribution in [1.29, 1.82) is 0 Å². The van der Waals surface area contributed by atoms with E-state index in [1.165, 1.54) is 0 Å². The van der Waals surface area contributed by atoms with Crippen molar-refractivity contribution in [2.45, 2.75) is 26.7 Å². The molecule has 0 aliphatic heterocycles. The zero-order chi connectivity index (χ0) is 15.9. The minimum Gasteiger partial charge on any atom is -0.481 e. The van der Waals surface area contributed by atoms with Crippen molar-refractivity contribution < 1.29 is 14.7 Å². The number of benzene rings is 1. The summed E-state index contributed by atoms with van der Waals surface area (Å²) in [4.78, 5) is 24.3. The Morgan fingerprint density at radius 3 is 2.55 bits per heavy atom. The van der Waals surface area contributed by atoms with Crippen molar-refractivity contribution in [1.82, 2.24) is 0 Å². The van der Waals surface area contributed by atoms with Gasteiger partial charge in [-0.05, 0) is 42.7 Å². The number of nitrogens with one attached hydrogen (secondary N) is 1. The number of carboxylic acid groups (broad SMARTS) is 1. The van der Waals surface area contributed by atoms with Crippen LogP contribution in [0.25, 0.3) is 0 Å². The smallest absolute Gasteiger partial charge is 0.307 e. The molecule has 1 saturated carbocycles. The standard InChI is InChI=1S/C18H21NO3/c1-3-11-6-4-5-10(2)16(11)19-17(20)14-12-7-8-13(9-12)15(14)18(21)22/h4-8,12-15H,3,9H2,1-2H3,(H,19,20)(H,21,22)/t12-,13-,14+,15-/m0/s1. The molecule has 2 aliphatic carbocycles. The third-order valence-corrected chi connectivity index (χ3v) is 5.04. The molecule has 4 atom stereocenters. The fraction of sp³-hybridized carbons (Fsp3) is 0.444. The second-order valence-electron chi connectivity index (χ2n) is 6.29. The Morgan fingerprint density at radius 2 is 1.91 bits per heavy atom. The largest absolute Gasteiger partial charge is 0.481 e. The van der Waals surface area contributed by atoms with E-state index in [1.54, 1.807) is 0 Å². The molecular formula is C18H21NO3. The van der Waals surface area contributed by atoms with Crippen LogP contribution in [-0.2, 0) is 16.0 Å². The molecule has 1 aromatic carbocycles. The summed E-state index contributed by atoms with van der Waals surface area (Å²) in [5, 5.41) is 12.5. The molecule has 0 aromatic heterocycles. The number of allylic oxidation sites excluding steroid dienone is 2. The van der Waals surface area contributed by atoms with Gasteiger partial charge in [-0.25, -0.2) is 0 Å². The summed E-state index contributed by atoms with van der Waals surface area (Å²) >= 11 is 0. The van der Waals surface area contributed by atoms with Crippen LogP contribution >= 0.6 is 0 Å². The van der Waals surface area contributed by atoms with Crippen LogP contribution in [-0.4, -0.2) is 17.0 Å². The van der Waals surface area contributed by atoms with Crippen LogP contribution in [0.1, 0.15) is 24.5 Å². The average Bonchev–Trinajstić information content (AvgIpc) is 3.09. The predicted octanol–water partition coefficient (Wildman–Crippen LogP) is 3.02. The molecule has 3 rings (SSSR count). The number of amides is 1. The van der Waals surface area contributed by atoms with Gasteiger partial charge in [0.2, 0.25) is 5.91 Å². The molecule has 116 valence electrons. The first-order valence-corrected chi connectivity index (χ1v) is 7.83. The zero-order valence-corrected chi connectivity index (χ0v) is 12.9. The number of anilines is 1. The summed E-state index contributed by atoms with van der Waals surface area (Å²) in [6, 6.07) is 5.94. The van der Waals surface area contributed by atoms with Crippen LogP contribution in [0.15, 0.2) is 30.4 Å². The first-order chi connectivity index (χ1) is 10.5. The highest BCUT2D eigenvalue weighted by molar-refractivity contribution is 5.97. The Hall–Kier alpha value is -2.10. The number of rotatable bonds is 4. The first kappa shape index (κ1) is 14.8. The van der Waals surface area contributed by atoms with Gasteiger partial charge >= 0.3 is 5.97 Å². The second kappa shape index (κ2) is 5.59. The number of aliphatic carboxylic acids is 1. The van der Waals surface area contributed by atoms with Crippen LogP contribution in [0.4, 0.5) is 5.69 Å². The molecule has 1 aromatic rings. The van der Waals surface area contributed by atoms with Crippen molar-refractivity contribution >= 4 is 17.6 Å². The van der Waals surface area contributed by atoms with Gasteiger partial charge in [-0.1, -0.05) is 37.3 Å². The van der Waals surface area contributed by atoms with Crippen LogP contribution in [0.5, 0.6) is 0 Å². The lowest BCUT2D eigenvalue weighted by molar-refractivity contribution is -0.146. The summed E-state index contributed by atoms with van der Waals surface area (Å²) in [7, 11) is 0. The minimum absolute atomic E-state index is 0.000709. The van der Waals surface area contributed by atoms with E-state index in [0.29, 0.717) is 0 Å². The van der Waals surface area contributed by atoms with Gasteiger partial charge in [0.25, 0.3) is 0 Å². The number of carbonyl (C=O) groups excluding carboxylic acids is 1. The van der Waals surface area contributed by atoms with E-state index >= 15 is 0 Å². The molecule has 2 bridgehead atoms. The molecule has 0 radical (unpaired) electrons. The fourth-order valence-corrected chi connectivity index (χ4v) is 3.92. The maximum Gasteiger partial charge on any atom is 0.307 e. The van der Waals surface area contributed by atoms with Gasteiger partial charge in [-0.15, -0.1) is 0 Å². The van der Waals surface area contributed by atoms with E-state index in [0.717, 1.165) is 29.7 Å². The van der Waals surface area contributed by atoms with Gasteiger partial charge in [0.1, 0.15) is 0 Å². The molecular weight excluding hydrogens is 278 g/mol. The molecule has 2 N–H and O–H groups in total. The molecule has 4 heteroatoms. The van der Waals surface area contributed by atoms with Gasteiger partial charge in [-0.3, -0.25) is 9.59 Å². The maximum atomic E-state index is 12.7. The second-order valence-corrected chi connectivity index (χ2v) is 6.29. The Kier molecular flexibility index (Phi) is 3.77. The number of aryl methyl sites for hydroxylation is 2. The first-order valence-electron chi connectivity index (χ1n) is 7.83. The third-order valence-electron chi connectivity index (χ3n) is 5.04. The van der Waals surface area contributed by atoms with Crippen LogP contribution < -0.4 is 5.32 Å². The van der Waals surface area contributed by atoms with Crippen LogP contribution in [0, 0.1) is 30.6 Å². The highest BCUT2D eigenvalue weighted by Gasteiger charge is 2.51. The molecule has 22 heavy (non-hydrogen) atoms. The highest BCUT2D eigenvalue weighted by atomic mass is 16.4. The Morgan fingerprint density at radius 1 is 1.23 bits per heavy atom. The lowest BCUT2D eigenvalue weighted by Crippen LogP contribution is -2.36. The Labute approximate surface area is 130 Å². The molecule has 0 heterocycles. The van der Waals surface area contributed by atoms with Gasteiger partial charge in [0, 0.05) is 5.69 Å². The Bertz CT molecular complexity index is 650. The number of hydrogen-bond donors (Lipinski definition) is 2. The van der Waals surface area contributed by atoms with Gasteiger partial charge < -0.3 is 10.4 Å². The van der Waals surface area contributed by atoms with Crippen molar-refractivity contribution in [3.05, 3.63) is 41.5 Å². The van der Waals surface area contributed by atoms with Crippen molar-refractivity contribution in [3.8, 4) is 0 Å². The average molecular weight is 299 g/mol. The summed E-state index contributed by atoms with van der Waals surface area (Å²) in [6.07, 6.45) is 5.57. The molecule has 0 spiro atoms. The van der Waals surface area contributed by atoms with E-state index in [-0.39, 0.29) is 17.7 Å². The van der Waals surface area contributed by atoms with E-state index in [9.17, 15) is 14.7 Å². The molecule has 2 aliphatic rings. The fourth-order valence-electron chi connectivity index (χ4n) is 3.92. The van der Waals surface area contributed by atoms with Crippen LogP contribution in [0.2, 0.25) is 0 Å². The summed E-state index contributed by atoms with van der Waals surface area (Å²) in [6.45, 7) is 4.01. The third kappa shape index (κ3) is 2.32. The number of carboxylic acids is 1. The summed E-state index contributed by atoms with van der Waals surface area (Å²) < 4.78 is 0. The summed E-state index contributed by atoms with van der Waals surface area (Å²) in [5.41, 5.74) is 2.93. The number of hydrogen-bond acceptors (Lipinski definition) is 2. The molecule has 0 saturated heterocycles. The predicted molar refractivity (Wildman–Crippen MR) is 84.5 cm³/mol. The topological polar surface area (TPSA) is 66.4 Å². The van der Waals surface area contributed by atoms with Crippen molar-refractivity contribution in [2.24, 2.45) is 23.7 Å². The lowest BCUT2D eigenvalue weighted by Gasteiger charge is -2.25.